The Balaban J connectivity index is 0.000000176. The predicted octanol–water partition coefficient (Wildman–Crippen LogP) is 4.88. The summed E-state index contributed by atoms with van der Waals surface area (Å²) in [4.78, 5) is 22.8. The van der Waals surface area contributed by atoms with E-state index >= 15 is 0 Å². The zero-order chi connectivity index (χ0) is 21.9. The Hall–Kier alpha value is -2.66. The molecule has 0 radical (unpaired) electrons. The van der Waals surface area contributed by atoms with Crippen LogP contribution >= 0.6 is 0 Å². The van der Waals surface area contributed by atoms with Gasteiger partial charge in [-0.3, -0.25) is 14.5 Å². The van der Waals surface area contributed by atoms with E-state index in [2.05, 4.69) is 53.4 Å². The van der Waals surface area contributed by atoms with E-state index in [1.54, 1.807) is 0 Å². The second kappa shape index (κ2) is 12.3. The molecule has 1 heterocycles. The smallest absolute Gasteiger partial charge is 0.294 e. The summed E-state index contributed by atoms with van der Waals surface area (Å²) in [7, 11) is 2.00. The number of benzene rings is 2. The van der Waals surface area contributed by atoms with Crippen LogP contribution in [0.25, 0.3) is 0 Å². The summed E-state index contributed by atoms with van der Waals surface area (Å²) in [5.74, 6) is 1.06. The van der Waals surface area contributed by atoms with Gasteiger partial charge in [0.25, 0.3) is 12.9 Å². The van der Waals surface area contributed by atoms with Gasteiger partial charge in [-0.05, 0) is 62.1 Å². The van der Waals surface area contributed by atoms with E-state index in [9.17, 15) is 9.59 Å². The lowest BCUT2D eigenvalue weighted by Gasteiger charge is -2.35. The second-order valence-corrected chi connectivity index (χ2v) is 8.43. The number of nitrogens with zero attached hydrogens (tertiary/aromatic N) is 1. The fraction of sp³-hybridized carbons (Fsp3) is 0.462. The van der Waals surface area contributed by atoms with Crippen molar-refractivity contribution in [2.24, 2.45) is 0 Å². The van der Waals surface area contributed by atoms with Crippen LogP contribution < -0.4 is 0 Å². The largest absolute Gasteiger partial charge is 0.465 e. The summed E-state index contributed by atoms with van der Waals surface area (Å²) in [5, 5.41) is 0. The standard InChI is InChI=1S/C13H17NO2.C13H16O2/c1-14-8-7-12(9-13(14)16-10-15)11-5-3-2-4-6-11;14-10-15-13-8-4-7-12(9-13)11-5-2-1-3-6-11/h2-6,10,12-13H,7-9H2,1H3;1-3,5-6,10,12-13H,4,7-9H2/t12-,13-;12-,13+/m00/s1. The second-order valence-electron chi connectivity index (χ2n) is 8.43. The summed E-state index contributed by atoms with van der Waals surface area (Å²) in [6.07, 6.45) is 6.42. The van der Waals surface area contributed by atoms with Gasteiger partial charge < -0.3 is 9.47 Å². The molecule has 2 aromatic rings. The number of hydrogen-bond donors (Lipinski definition) is 0. The van der Waals surface area contributed by atoms with Gasteiger partial charge in [0.2, 0.25) is 0 Å². The Bertz CT molecular complexity index is 783. The van der Waals surface area contributed by atoms with E-state index in [1.165, 1.54) is 17.5 Å². The van der Waals surface area contributed by atoms with Gasteiger partial charge in [-0.25, -0.2) is 0 Å². The van der Waals surface area contributed by atoms with Crippen molar-refractivity contribution in [1.82, 2.24) is 4.90 Å². The normalized spacial score (nSPS) is 26.1. The highest BCUT2D eigenvalue weighted by molar-refractivity contribution is 5.38. The molecule has 2 aliphatic rings. The number of carbonyl (C=O) groups is 2. The van der Waals surface area contributed by atoms with Crippen LogP contribution in [-0.2, 0) is 19.1 Å². The molecule has 1 saturated heterocycles. The molecular formula is C26H33NO4. The molecule has 166 valence electrons. The van der Waals surface area contributed by atoms with Crippen LogP contribution in [0.4, 0.5) is 0 Å². The molecule has 0 aromatic heterocycles. The molecule has 5 nitrogen and oxygen atoms in total. The Morgan fingerprint density at radius 2 is 1.35 bits per heavy atom. The first-order valence-electron chi connectivity index (χ1n) is 11.2. The van der Waals surface area contributed by atoms with Gasteiger partial charge in [0.05, 0.1) is 0 Å². The van der Waals surface area contributed by atoms with Crippen LogP contribution in [0.5, 0.6) is 0 Å². The number of rotatable bonds is 6. The van der Waals surface area contributed by atoms with Crippen molar-refractivity contribution >= 4 is 12.9 Å². The number of hydrogen-bond acceptors (Lipinski definition) is 5. The van der Waals surface area contributed by atoms with Crippen molar-refractivity contribution in [1.29, 1.82) is 0 Å². The molecule has 0 N–H and O–H groups in total. The average molecular weight is 424 g/mol. The highest BCUT2D eigenvalue weighted by Crippen LogP contribution is 2.34. The molecule has 5 heteroatoms. The average Bonchev–Trinajstić information content (AvgIpc) is 2.83. The Labute approximate surface area is 185 Å². The van der Waals surface area contributed by atoms with E-state index in [0.717, 1.165) is 38.6 Å². The SMILES string of the molecule is CN1CC[C@H](c2ccccc2)C[C@@H]1OC=O.O=CO[C@@H]1CCC[C@H](c2ccccc2)C1. The number of piperidine rings is 1. The van der Waals surface area contributed by atoms with E-state index in [0.29, 0.717) is 24.8 Å². The zero-order valence-electron chi connectivity index (χ0n) is 18.3. The van der Waals surface area contributed by atoms with Crippen molar-refractivity contribution in [3.05, 3.63) is 71.8 Å². The van der Waals surface area contributed by atoms with Gasteiger partial charge in [-0.1, -0.05) is 60.7 Å². The molecule has 2 fully saturated rings. The van der Waals surface area contributed by atoms with Crippen LogP contribution in [0.15, 0.2) is 60.7 Å². The number of likely N-dealkylation sites (tertiary alicyclic amines) is 1. The van der Waals surface area contributed by atoms with E-state index in [4.69, 9.17) is 9.47 Å². The van der Waals surface area contributed by atoms with E-state index < -0.39 is 0 Å². The molecule has 1 aliphatic heterocycles. The lowest BCUT2D eigenvalue weighted by molar-refractivity contribution is -0.145. The summed E-state index contributed by atoms with van der Waals surface area (Å²) in [6, 6.07) is 20.9. The highest BCUT2D eigenvalue weighted by Gasteiger charge is 2.27. The molecule has 2 aromatic carbocycles. The van der Waals surface area contributed by atoms with Gasteiger partial charge in [0, 0.05) is 13.0 Å². The molecule has 0 spiro atoms. The summed E-state index contributed by atoms with van der Waals surface area (Å²) in [5.41, 5.74) is 2.71. The Kier molecular flexibility index (Phi) is 9.10. The van der Waals surface area contributed by atoms with Crippen LogP contribution in [-0.4, -0.2) is 43.8 Å². The van der Waals surface area contributed by atoms with Crippen LogP contribution in [0, 0.1) is 0 Å². The van der Waals surface area contributed by atoms with Crippen LogP contribution in [0.3, 0.4) is 0 Å². The Morgan fingerprint density at radius 1 is 0.774 bits per heavy atom. The lowest BCUT2D eigenvalue weighted by atomic mass is 9.82. The predicted molar refractivity (Wildman–Crippen MR) is 121 cm³/mol. The van der Waals surface area contributed by atoms with Crippen molar-refractivity contribution in [3.8, 4) is 0 Å². The quantitative estimate of drug-likeness (QED) is 0.620. The van der Waals surface area contributed by atoms with Gasteiger partial charge in [0.15, 0.2) is 6.23 Å². The van der Waals surface area contributed by atoms with Crippen molar-refractivity contribution in [2.45, 2.75) is 62.7 Å². The first-order valence-corrected chi connectivity index (χ1v) is 11.2. The maximum absolute atomic E-state index is 10.4. The van der Waals surface area contributed by atoms with Crippen LogP contribution in [0.2, 0.25) is 0 Å². The first-order chi connectivity index (χ1) is 15.2. The van der Waals surface area contributed by atoms with Gasteiger partial charge >= 0.3 is 0 Å². The molecule has 0 unspecified atom stereocenters. The first kappa shape index (κ1) is 23.0. The minimum Gasteiger partial charge on any atom is -0.465 e. The summed E-state index contributed by atoms with van der Waals surface area (Å²) >= 11 is 0. The number of ether oxygens (including phenoxy) is 2. The minimum absolute atomic E-state index is 0.0727. The molecule has 4 rings (SSSR count). The zero-order valence-corrected chi connectivity index (χ0v) is 18.3. The van der Waals surface area contributed by atoms with E-state index in [1.807, 2.05) is 19.2 Å². The van der Waals surface area contributed by atoms with E-state index in [-0.39, 0.29) is 12.3 Å². The van der Waals surface area contributed by atoms with Gasteiger partial charge in [-0.15, -0.1) is 0 Å². The summed E-state index contributed by atoms with van der Waals surface area (Å²) in [6.45, 7) is 2.10. The lowest BCUT2D eigenvalue weighted by Crippen LogP contribution is -2.40. The van der Waals surface area contributed by atoms with Gasteiger partial charge in [-0.2, -0.15) is 0 Å². The third-order valence-electron chi connectivity index (χ3n) is 6.44. The molecule has 31 heavy (non-hydrogen) atoms. The molecule has 4 atom stereocenters. The molecule has 1 aliphatic carbocycles. The van der Waals surface area contributed by atoms with Crippen molar-refractivity contribution < 1.29 is 19.1 Å². The minimum atomic E-state index is -0.0727. The maximum atomic E-state index is 10.4. The monoisotopic (exact) mass is 423 g/mol. The van der Waals surface area contributed by atoms with Crippen LogP contribution in [0.1, 0.15) is 61.5 Å². The molecule has 0 amide bonds. The highest BCUT2D eigenvalue weighted by atomic mass is 16.5. The third kappa shape index (κ3) is 6.93. The molecular weight excluding hydrogens is 390 g/mol. The topological polar surface area (TPSA) is 55.8 Å². The van der Waals surface area contributed by atoms with Crippen molar-refractivity contribution in [3.63, 3.8) is 0 Å². The maximum Gasteiger partial charge on any atom is 0.294 e. The Morgan fingerprint density at radius 3 is 1.94 bits per heavy atom. The van der Waals surface area contributed by atoms with Gasteiger partial charge in [0.1, 0.15) is 6.10 Å². The molecule has 1 saturated carbocycles. The third-order valence-corrected chi connectivity index (χ3v) is 6.44. The summed E-state index contributed by atoms with van der Waals surface area (Å²) < 4.78 is 10.1. The van der Waals surface area contributed by atoms with Crippen molar-refractivity contribution in [2.75, 3.05) is 13.6 Å². The molecule has 0 bridgehead atoms. The fourth-order valence-electron chi connectivity index (χ4n) is 4.67. The number of carbonyl (C=O) groups excluding carboxylic acids is 2. The fourth-order valence-corrected chi connectivity index (χ4v) is 4.67.